The normalized spacial score (nSPS) is 31.2. The first-order chi connectivity index (χ1) is 11.6. The number of rotatable bonds is 3. The number of benzene rings is 1. The van der Waals surface area contributed by atoms with Gasteiger partial charge in [0.25, 0.3) is 0 Å². The summed E-state index contributed by atoms with van der Waals surface area (Å²) in [7, 11) is 3.24. The van der Waals surface area contributed by atoms with Crippen LogP contribution in [-0.4, -0.2) is 38.3 Å². The molecular formula is C19H26O5. The van der Waals surface area contributed by atoms with Gasteiger partial charge in [-0.2, -0.15) is 0 Å². The second kappa shape index (κ2) is 6.07. The second-order valence-electron chi connectivity index (χ2n) is 7.11. The number of hydrogen-bond acceptors (Lipinski definition) is 5. The van der Waals surface area contributed by atoms with Crippen molar-refractivity contribution in [3.63, 3.8) is 0 Å². The predicted octanol–water partition coefficient (Wildman–Crippen LogP) is 2.97. The Kier molecular flexibility index (Phi) is 4.17. The number of hydrogen-bond donors (Lipinski definition) is 1. The van der Waals surface area contributed by atoms with Crippen LogP contribution in [0.2, 0.25) is 0 Å². The van der Waals surface area contributed by atoms with Gasteiger partial charge in [0.2, 0.25) is 0 Å². The van der Waals surface area contributed by atoms with Crippen molar-refractivity contribution in [3.05, 3.63) is 34.9 Å². The van der Waals surface area contributed by atoms with Crippen molar-refractivity contribution in [2.45, 2.75) is 55.7 Å². The Morgan fingerprint density at radius 2 is 1.83 bits per heavy atom. The SMILES string of the molecule is COC(OC)c1cccc2c1[C@]1(O)CCC3(C[C@@H]21)OCCCCO3. The average molecular weight is 334 g/mol. The summed E-state index contributed by atoms with van der Waals surface area (Å²) in [6.07, 6.45) is 3.71. The van der Waals surface area contributed by atoms with Crippen molar-refractivity contribution >= 4 is 0 Å². The highest BCUT2D eigenvalue weighted by molar-refractivity contribution is 5.53. The minimum Gasteiger partial charge on any atom is -0.384 e. The van der Waals surface area contributed by atoms with Crippen LogP contribution in [0.5, 0.6) is 0 Å². The third kappa shape index (κ3) is 2.34. The van der Waals surface area contributed by atoms with Gasteiger partial charge in [0.1, 0.15) is 0 Å². The lowest BCUT2D eigenvalue weighted by molar-refractivity contribution is -0.269. The number of methoxy groups -OCH3 is 2. The third-order valence-corrected chi connectivity index (χ3v) is 5.87. The third-order valence-electron chi connectivity index (χ3n) is 5.87. The van der Waals surface area contributed by atoms with Crippen molar-refractivity contribution in [1.29, 1.82) is 0 Å². The fourth-order valence-electron chi connectivity index (χ4n) is 4.68. The Hall–Kier alpha value is -0.980. The van der Waals surface area contributed by atoms with E-state index in [1.54, 1.807) is 14.2 Å². The summed E-state index contributed by atoms with van der Waals surface area (Å²) in [5, 5.41) is 11.4. The van der Waals surface area contributed by atoms with Crippen LogP contribution in [-0.2, 0) is 24.5 Å². The zero-order valence-corrected chi connectivity index (χ0v) is 14.4. The Morgan fingerprint density at radius 1 is 1.12 bits per heavy atom. The molecule has 4 rings (SSSR count). The maximum Gasteiger partial charge on any atom is 0.183 e. The maximum atomic E-state index is 11.4. The van der Waals surface area contributed by atoms with E-state index in [1.807, 2.05) is 12.1 Å². The lowest BCUT2D eigenvalue weighted by Gasteiger charge is -2.56. The number of ether oxygens (including phenoxy) is 4. The van der Waals surface area contributed by atoms with Crippen LogP contribution in [0.15, 0.2) is 18.2 Å². The monoisotopic (exact) mass is 334 g/mol. The van der Waals surface area contributed by atoms with Gasteiger partial charge in [-0.1, -0.05) is 18.2 Å². The van der Waals surface area contributed by atoms with E-state index in [9.17, 15) is 5.11 Å². The van der Waals surface area contributed by atoms with Gasteiger partial charge in [-0.05, 0) is 30.4 Å². The van der Waals surface area contributed by atoms with E-state index in [0.717, 1.165) is 43.6 Å². The number of aliphatic hydroxyl groups is 1. The molecule has 1 aromatic carbocycles. The molecule has 1 saturated carbocycles. The second-order valence-corrected chi connectivity index (χ2v) is 7.11. The summed E-state index contributed by atoms with van der Waals surface area (Å²) in [4.78, 5) is 0. The van der Waals surface area contributed by atoms with E-state index in [2.05, 4.69) is 6.07 Å². The van der Waals surface area contributed by atoms with Crippen LogP contribution in [0.4, 0.5) is 0 Å². The summed E-state index contributed by atoms with van der Waals surface area (Å²) in [6, 6.07) is 6.08. The zero-order chi connectivity index (χ0) is 16.8. The van der Waals surface area contributed by atoms with Gasteiger partial charge in [0, 0.05) is 38.5 Å². The molecule has 0 amide bonds. The van der Waals surface area contributed by atoms with Crippen LogP contribution in [0.25, 0.3) is 0 Å². The van der Waals surface area contributed by atoms with Crippen LogP contribution in [0, 0.1) is 0 Å². The summed E-state index contributed by atoms with van der Waals surface area (Å²) in [5.41, 5.74) is 2.25. The lowest BCUT2D eigenvalue weighted by Crippen LogP contribution is -2.55. The van der Waals surface area contributed by atoms with E-state index in [-0.39, 0.29) is 5.92 Å². The molecule has 5 heteroatoms. The van der Waals surface area contributed by atoms with Crippen LogP contribution in [0.1, 0.15) is 61.0 Å². The molecule has 0 aromatic heterocycles. The summed E-state index contributed by atoms with van der Waals surface area (Å²) >= 11 is 0. The smallest absolute Gasteiger partial charge is 0.183 e. The van der Waals surface area contributed by atoms with Gasteiger partial charge in [-0.25, -0.2) is 0 Å². The molecule has 132 valence electrons. The fraction of sp³-hybridized carbons (Fsp3) is 0.684. The molecular weight excluding hydrogens is 308 g/mol. The standard InChI is InChI=1S/C19H26O5/c1-21-17(22-2)14-7-5-6-13-15-12-18(23-10-3-4-11-24-18)8-9-19(15,20)16(13)14/h5-7,15,17,20H,3-4,8-12H2,1-2H3/t15-,19-/m0/s1. The minimum atomic E-state index is -0.828. The molecule has 0 radical (unpaired) electrons. The molecule has 2 fully saturated rings. The molecule has 1 spiro atoms. The highest BCUT2D eigenvalue weighted by Gasteiger charge is 2.59. The maximum absolute atomic E-state index is 11.4. The lowest BCUT2D eigenvalue weighted by atomic mass is 9.55. The topological polar surface area (TPSA) is 57.2 Å². The van der Waals surface area contributed by atoms with Crippen LogP contribution >= 0.6 is 0 Å². The quantitative estimate of drug-likeness (QED) is 0.861. The van der Waals surface area contributed by atoms with E-state index < -0.39 is 17.7 Å². The first kappa shape index (κ1) is 16.5. The Morgan fingerprint density at radius 3 is 2.50 bits per heavy atom. The molecule has 3 aliphatic rings. The minimum absolute atomic E-state index is 0.0497. The summed E-state index contributed by atoms with van der Waals surface area (Å²) in [6.45, 7) is 1.49. The Bertz CT molecular complexity index is 604. The van der Waals surface area contributed by atoms with E-state index >= 15 is 0 Å². The first-order valence-corrected chi connectivity index (χ1v) is 8.83. The van der Waals surface area contributed by atoms with Crippen LogP contribution in [0.3, 0.4) is 0 Å². The molecule has 1 N–H and O–H groups in total. The van der Waals surface area contributed by atoms with Gasteiger partial charge in [-0.15, -0.1) is 0 Å². The summed E-state index contributed by atoms with van der Waals surface area (Å²) < 4.78 is 23.0. The first-order valence-electron chi connectivity index (χ1n) is 8.83. The van der Waals surface area contributed by atoms with Gasteiger partial charge in [0.15, 0.2) is 12.1 Å². The molecule has 2 aliphatic carbocycles. The highest BCUT2D eigenvalue weighted by Crippen LogP contribution is 2.62. The average Bonchev–Trinajstić information content (AvgIpc) is 2.84. The molecule has 24 heavy (non-hydrogen) atoms. The van der Waals surface area contributed by atoms with Gasteiger partial charge >= 0.3 is 0 Å². The predicted molar refractivity (Wildman–Crippen MR) is 87.6 cm³/mol. The van der Waals surface area contributed by atoms with E-state index in [1.165, 1.54) is 5.56 Å². The van der Waals surface area contributed by atoms with Gasteiger partial charge in [-0.3, -0.25) is 0 Å². The number of fused-ring (bicyclic) bond motifs is 4. The van der Waals surface area contributed by atoms with Crippen molar-refractivity contribution in [3.8, 4) is 0 Å². The van der Waals surface area contributed by atoms with Crippen molar-refractivity contribution < 1.29 is 24.1 Å². The molecule has 0 bridgehead atoms. The van der Waals surface area contributed by atoms with E-state index in [4.69, 9.17) is 18.9 Å². The molecule has 2 atom stereocenters. The van der Waals surface area contributed by atoms with E-state index in [0.29, 0.717) is 12.8 Å². The zero-order valence-electron chi connectivity index (χ0n) is 14.4. The molecule has 1 aliphatic heterocycles. The molecule has 0 unspecified atom stereocenters. The largest absolute Gasteiger partial charge is 0.384 e. The van der Waals surface area contributed by atoms with Crippen molar-refractivity contribution in [2.24, 2.45) is 0 Å². The fourth-order valence-corrected chi connectivity index (χ4v) is 4.68. The Labute approximate surface area is 142 Å². The van der Waals surface area contributed by atoms with Gasteiger partial charge in [0.05, 0.1) is 18.8 Å². The highest BCUT2D eigenvalue weighted by atomic mass is 16.7. The summed E-state index contributed by atoms with van der Waals surface area (Å²) in [5.74, 6) is -0.475. The molecule has 1 heterocycles. The van der Waals surface area contributed by atoms with Crippen molar-refractivity contribution in [2.75, 3.05) is 27.4 Å². The Balaban J connectivity index is 1.67. The molecule has 5 nitrogen and oxygen atoms in total. The molecule has 1 saturated heterocycles. The molecule has 1 aromatic rings. The van der Waals surface area contributed by atoms with Crippen molar-refractivity contribution in [1.82, 2.24) is 0 Å². The van der Waals surface area contributed by atoms with Crippen LogP contribution < -0.4 is 0 Å². The van der Waals surface area contributed by atoms with Gasteiger partial charge < -0.3 is 24.1 Å².